The van der Waals surface area contributed by atoms with Crippen molar-refractivity contribution in [3.05, 3.63) is 33.0 Å². The number of hydrogen-bond donors (Lipinski definition) is 1. The average Bonchev–Trinajstić information content (AvgIpc) is 1.96. The van der Waals surface area contributed by atoms with E-state index in [2.05, 4.69) is 15.9 Å². The SMILES string of the molecule is Cl.NCc1cc(Br)cc(Cl)c1F. The molecule has 0 aliphatic heterocycles. The zero-order valence-corrected chi connectivity index (χ0v) is 9.14. The topological polar surface area (TPSA) is 26.0 Å². The molecule has 0 fully saturated rings. The maximum Gasteiger partial charge on any atom is 0.146 e. The fourth-order valence-electron chi connectivity index (χ4n) is 0.758. The average molecular weight is 275 g/mol. The number of rotatable bonds is 1. The first-order valence-corrected chi connectivity index (χ1v) is 4.15. The number of nitrogens with two attached hydrogens (primary N) is 1. The van der Waals surface area contributed by atoms with Crippen LogP contribution in [0.1, 0.15) is 5.56 Å². The third-order valence-electron chi connectivity index (χ3n) is 1.29. The Morgan fingerprint density at radius 3 is 2.58 bits per heavy atom. The molecule has 0 radical (unpaired) electrons. The Hall–Kier alpha value is 0.170. The maximum absolute atomic E-state index is 12.9. The van der Waals surface area contributed by atoms with Gasteiger partial charge in [-0.2, -0.15) is 0 Å². The molecule has 1 aromatic carbocycles. The van der Waals surface area contributed by atoms with E-state index >= 15 is 0 Å². The van der Waals surface area contributed by atoms with Crippen LogP contribution >= 0.6 is 39.9 Å². The summed E-state index contributed by atoms with van der Waals surface area (Å²) < 4.78 is 13.7. The summed E-state index contributed by atoms with van der Waals surface area (Å²) in [6, 6.07) is 3.11. The van der Waals surface area contributed by atoms with Gasteiger partial charge in [0.2, 0.25) is 0 Å². The third-order valence-corrected chi connectivity index (χ3v) is 2.02. The minimum atomic E-state index is -0.433. The van der Waals surface area contributed by atoms with Gasteiger partial charge in [0.25, 0.3) is 0 Å². The molecular formula is C7H7BrCl2FN. The van der Waals surface area contributed by atoms with Crippen LogP contribution in [-0.4, -0.2) is 0 Å². The molecule has 0 atom stereocenters. The number of halogens is 4. The summed E-state index contributed by atoms with van der Waals surface area (Å²) in [6.45, 7) is 0.158. The second kappa shape index (κ2) is 5.02. The molecule has 0 bridgehead atoms. The molecule has 0 spiro atoms. The number of hydrogen-bond acceptors (Lipinski definition) is 1. The van der Waals surface area contributed by atoms with Gasteiger partial charge >= 0.3 is 0 Å². The van der Waals surface area contributed by atoms with Crippen LogP contribution in [0.3, 0.4) is 0 Å². The highest BCUT2D eigenvalue weighted by Crippen LogP contribution is 2.23. The van der Waals surface area contributed by atoms with Crippen molar-refractivity contribution >= 4 is 39.9 Å². The molecule has 0 amide bonds. The van der Waals surface area contributed by atoms with Gasteiger partial charge in [-0.3, -0.25) is 0 Å². The maximum atomic E-state index is 12.9. The molecule has 0 aliphatic rings. The van der Waals surface area contributed by atoms with Crippen LogP contribution in [0.5, 0.6) is 0 Å². The van der Waals surface area contributed by atoms with E-state index in [1.54, 1.807) is 6.07 Å². The molecule has 1 aromatic rings. The highest BCUT2D eigenvalue weighted by atomic mass is 79.9. The van der Waals surface area contributed by atoms with Gasteiger partial charge in [0.05, 0.1) is 5.02 Å². The predicted molar refractivity (Wildman–Crippen MR) is 54.2 cm³/mol. The van der Waals surface area contributed by atoms with Gasteiger partial charge in [-0.05, 0) is 12.1 Å². The van der Waals surface area contributed by atoms with Gasteiger partial charge in [-0.1, -0.05) is 27.5 Å². The largest absolute Gasteiger partial charge is 0.326 e. The first kappa shape index (κ1) is 12.2. The van der Waals surface area contributed by atoms with Crippen molar-refractivity contribution in [1.82, 2.24) is 0 Å². The van der Waals surface area contributed by atoms with Crippen LogP contribution in [0.25, 0.3) is 0 Å². The lowest BCUT2D eigenvalue weighted by atomic mass is 10.2. The Kier molecular flexibility index (Phi) is 5.09. The van der Waals surface area contributed by atoms with Gasteiger partial charge in [0, 0.05) is 16.6 Å². The summed E-state index contributed by atoms with van der Waals surface area (Å²) >= 11 is 8.72. The third kappa shape index (κ3) is 2.59. The molecule has 12 heavy (non-hydrogen) atoms. The zero-order chi connectivity index (χ0) is 8.43. The van der Waals surface area contributed by atoms with E-state index in [9.17, 15) is 4.39 Å². The fourth-order valence-corrected chi connectivity index (χ4v) is 1.63. The smallest absolute Gasteiger partial charge is 0.146 e. The van der Waals surface area contributed by atoms with Gasteiger partial charge in [0.15, 0.2) is 0 Å². The molecule has 1 rings (SSSR count). The van der Waals surface area contributed by atoms with E-state index in [-0.39, 0.29) is 24.0 Å². The molecule has 5 heteroatoms. The lowest BCUT2D eigenvalue weighted by molar-refractivity contribution is 0.610. The van der Waals surface area contributed by atoms with Crippen molar-refractivity contribution in [3.63, 3.8) is 0 Å². The fraction of sp³-hybridized carbons (Fsp3) is 0.143. The molecule has 0 unspecified atom stereocenters. The first-order chi connectivity index (χ1) is 5.15. The van der Waals surface area contributed by atoms with Crippen LogP contribution in [0.15, 0.2) is 16.6 Å². The Labute approximate surface area is 89.6 Å². The number of benzene rings is 1. The van der Waals surface area contributed by atoms with E-state index in [0.29, 0.717) is 5.56 Å². The summed E-state index contributed by atoms with van der Waals surface area (Å²) in [7, 11) is 0. The minimum absolute atomic E-state index is 0. The van der Waals surface area contributed by atoms with Crippen molar-refractivity contribution in [1.29, 1.82) is 0 Å². The monoisotopic (exact) mass is 273 g/mol. The summed E-state index contributed by atoms with van der Waals surface area (Å²) in [5, 5.41) is 0.0971. The molecule has 68 valence electrons. The molecule has 0 aromatic heterocycles. The van der Waals surface area contributed by atoms with Crippen LogP contribution < -0.4 is 5.73 Å². The quantitative estimate of drug-likeness (QED) is 0.783. The minimum Gasteiger partial charge on any atom is -0.326 e. The molecule has 0 saturated heterocycles. The van der Waals surface area contributed by atoms with Gasteiger partial charge in [0.1, 0.15) is 5.82 Å². The van der Waals surface area contributed by atoms with Crippen molar-refractivity contribution in [2.24, 2.45) is 5.73 Å². The van der Waals surface area contributed by atoms with E-state index in [1.807, 2.05) is 0 Å². The highest BCUT2D eigenvalue weighted by Gasteiger charge is 2.05. The van der Waals surface area contributed by atoms with Crippen LogP contribution in [-0.2, 0) is 6.54 Å². The molecule has 1 nitrogen and oxygen atoms in total. The van der Waals surface area contributed by atoms with E-state index in [4.69, 9.17) is 17.3 Å². The van der Waals surface area contributed by atoms with Gasteiger partial charge in [-0.15, -0.1) is 12.4 Å². The first-order valence-electron chi connectivity index (χ1n) is 2.98. The van der Waals surface area contributed by atoms with E-state index in [1.165, 1.54) is 6.07 Å². The van der Waals surface area contributed by atoms with Crippen molar-refractivity contribution in [3.8, 4) is 0 Å². The van der Waals surface area contributed by atoms with Gasteiger partial charge < -0.3 is 5.73 Å². The summed E-state index contributed by atoms with van der Waals surface area (Å²) in [4.78, 5) is 0. The second-order valence-electron chi connectivity index (χ2n) is 2.06. The lowest BCUT2D eigenvalue weighted by Crippen LogP contribution is -1.99. The Bertz CT molecular complexity index is 280. The van der Waals surface area contributed by atoms with Gasteiger partial charge in [-0.25, -0.2) is 4.39 Å². The Morgan fingerprint density at radius 2 is 2.08 bits per heavy atom. The molecule has 0 saturated carbocycles. The molecule has 0 aliphatic carbocycles. The highest BCUT2D eigenvalue weighted by molar-refractivity contribution is 9.10. The van der Waals surface area contributed by atoms with Crippen LogP contribution in [0, 0.1) is 5.82 Å². The summed E-state index contributed by atoms with van der Waals surface area (Å²) in [5.74, 6) is -0.433. The Morgan fingerprint density at radius 1 is 1.50 bits per heavy atom. The van der Waals surface area contributed by atoms with Crippen molar-refractivity contribution < 1.29 is 4.39 Å². The summed E-state index contributed by atoms with van der Waals surface area (Å²) in [6.07, 6.45) is 0. The normalized spacial score (nSPS) is 9.33. The molecule has 0 heterocycles. The van der Waals surface area contributed by atoms with Crippen LogP contribution in [0.4, 0.5) is 4.39 Å². The summed E-state index contributed by atoms with van der Waals surface area (Å²) in [5.41, 5.74) is 5.69. The van der Waals surface area contributed by atoms with E-state index < -0.39 is 5.82 Å². The van der Waals surface area contributed by atoms with E-state index in [0.717, 1.165) is 4.47 Å². The second-order valence-corrected chi connectivity index (χ2v) is 3.39. The standard InChI is InChI=1S/C7H6BrClFN.ClH/c8-5-1-4(3-11)7(10)6(9)2-5;/h1-2H,3,11H2;1H. The Balaban J connectivity index is 0.00000121. The molecule has 2 N–H and O–H groups in total. The van der Waals surface area contributed by atoms with Crippen LogP contribution in [0.2, 0.25) is 5.02 Å². The molecular weight excluding hydrogens is 268 g/mol. The van der Waals surface area contributed by atoms with Crippen molar-refractivity contribution in [2.45, 2.75) is 6.54 Å². The predicted octanol–water partition coefficient (Wildman–Crippen LogP) is 3.12. The van der Waals surface area contributed by atoms with Crippen molar-refractivity contribution in [2.75, 3.05) is 0 Å². The zero-order valence-electron chi connectivity index (χ0n) is 5.98. The lowest BCUT2D eigenvalue weighted by Gasteiger charge is -2.01.